The number of para-hydroxylation sites is 1. The van der Waals surface area contributed by atoms with E-state index in [1.165, 1.54) is 12.1 Å². The van der Waals surface area contributed by atoms with E-state index in [0.29, 0.717) is 17.9 Å². The van der Waals surface area contributed by atoms with E-state index in [-0.39, 0.29) is 10.1 Å². The van der Waals surface area contributed by atoms with Crippen molar-refractivity contribution in [3.8, 4) is 5.75 Å². The van der Waals surface area contributed by atoms with Gasteiger partial charge in [0.05, 0.1) is 4.90 Å². The van der Waals surface area contributed by atoms with Crippen molar-refractivity contribution in [3.63, 3.8) is 0 Å². The van der Waals surface area contributed by atoms with E-state index < -0.39 is 10.0 Å². The molecular weight excluding hydrogens is 374 g/mol. The summed E-state index contributed by atoms with van der Waals surface area (Å²) in [5.41, 5.74) is 2.58. The normalized spacial score (nSPS) is 14.1. The summed E-state index contributed by atoms with van der Waals surface area (Å²) in [6.07, 6.45) is 0.603. The Labute approximate surface area is 155 Å². The molecule has 0 radical (unpaired) electrons. The minimum atomic E-state index is -3.75. The monoisotopic (exact) mass is 387 g/mol. The smallest absolute Gasteiger partial charge is 0.238 e. The molecule has 4 rings (SSSR count). The zero-order chi connectivity index (χ0) is 18.3. The van der Waals surface area contributed by atoms with E-state index in [1.807, 2.05) is 24.3 Å². The summed E-state index contributed by atoms with van der Waals surface area (Å²) in [7, 11) is -3.75. The van der Waals surface area contributed by atoms with Crippen molar-refractivity contribution in [2.75, 3.05) is 0 Å². The molecule has 1 aliphatic rings. The standard InChI is InChI=1S/C19H14ClNO4S/c20-18-10-9-17(24-18)15-11-13-3-1-2-4-16(13)25-19(15)12-5-7-14(8-6-12)26(21,22)23/h1-10H,11H2,(H2,21,22,23). The van der Waals surface area contributed by atoms with Gasteiger partial charge in [0.2, 0.25) is 10.0 Å². The van der Waals surface area contributed by atoms with Gasteiger partial charge >= 0.3 is 0 Å². The Morgan fingerprint density at radius 1 is 0.962 bits per heavy atom. The minimum absolute atomic E-state index is 0.0423. The lowest BCUT2D eigenvalue weighted by Gasteiger charge is -2.23. The van der Waals surface area contributed by atoms with Crippen LogP contribution in [0.2, 0.25) is 5.22 Å². The molecule has 0 saturated heterocycles. The van der Waals surface area contributed by atoms with Crippen LogP contribution >= 0.6 is 11.6 Å². The maximum Gasteiger partial charge on any atom is 0.238 e. The van der Waals surface area contributed by atoms with Gasteiger partial charge in [-0.05, 0) is 59.6 Å². The van der Waals surface area contributed by atoms with Crippen molar-refractivity contribution in [1.82, 2.24) is 0 Å². The Morgan fingerprint density at radius 2 is 1.69 bits per heavy atom. The van der Waals surface area contributed by atoms with Gasteiger partial charge in [0, 0.05) is 17.6 Å². The highest BCUT2D eigenvalue weighted by Crippen LogP contribution is 2.39. The summed E-state index contributed by atoms with van der Waals surface area (Å²) >= 11 is 5.93. The van der Waals surface area contributed by atoms with Gasteiger partial charge in [-0.2, -0.15) is 0 Å². The molecule has 0 fully saturated rings. The largest absolute Gasteiger partial charge is 0.456 e. The first-order valence-corrected chi connectivity index (χ1v) is 9.72. The molecule has 0 atom stereocenters. The van der Waals surface area contributed by atoms with Crippen LogP contribution in [-0.4, -0.2) is 8.42 Å². The van der Waals surface area contributed by atoms with Gasteiger partial charge in [-0.3, -0.25) is 0 Å². The van der Waals surface area contributed by atoms with E-state index in [1.54, 1.807) is 24.3 Å². The van der Waals surface area contributed by atoms with Gasteiger partial charge in [-0.25, -0.2) is 13.6 Å². The van der Waals surface area contributed by atoms with Gasteiger partial charge in [0.25, 0.3) is 0 Å². The third kappa shape index (κ3) is 3.14. The van der Waals surface area contributed by atoms with Crippen LogP contribution in [0.1, 0.15) is 16.9 Å². The summed E-state index contributed by atoms with van der Waals surface area (Å²) < 4.78 is 34.7. The van der Waals surface area contributed by atoms with Gasteiger partial charge in [-0.15, -0.1) is 0 Å². The van der Waals surface area contributed by atoms with Crippen LogP contribution in [0.15, 0.2) is 70.0 Å². The summed E-state index contributed by atoms with van der Waals surface area (Å²) in [5.74, 6) is 1.95. The number of primary sulfonamides is 1. The van der Waals surface area contributed by atoms with Crippen LogP contribution in [0.5, 0.6) is 5.75 Å². The van der Waals surface area contributed by atoms with E-state index in [2.05, 4.69) is 0 Å². The average molecular weight is 388 g/mol. The lowest BCUT2D eigenvalue weighted by atomic mass is 9.96. The van der Waals surface area contributed by atoms with Crippen LogP contribution in [0.25, 0.3) is 11.3 Å². The number of allylic oxidation sites excluding steroid dienone is 1. The fourth-order valence-corrected chi connectivity index (χ4v) is 3.56. The summed E-state index contributed by atoms with van der Waals surface area (Å²) in [6.45, 7) is 0. The first-order chi connectivity index (χ1) is 12.4. The summed E-state index contributed by atoms with van der Waals surface area (Å²) in [6, 6.07) is 17.4. The topological polar surface area (TPSA) is 82.5 Å². The number of sulfonamides is 1. The second-order valence-corrected chi connectivity index (χ2v) is 7.80. The van der Waals surface area contributed by atoms with Crippen molar-refractivity contribution in [1.29, 1.82) is 0 Å². The molecule has 0 aliphatic carbocycles. The molecule has 0 bridgehead atoms. The maximum absolute atomic E-state index is 11.5. The van der Waals surface area contributed by atoms with E-state index >= 15 is 0 Å². The van der Waals surface area contributed by atoms with E-state index in [4.69, 9.17) is 25.9 Å². The second-order valence-electron chi connectivity index (χ2n) is 5.87. The molecule has 26 heavy (non-hydrogen) atoms. The van der Waals surface area contributed by atoms with Crippen LogP contribution in [0, 0.1) is 0 Å². The molecule has 7 heteroatoms. The molecule has 3 aromatic rings. The number of fused-ring (bicyclic) bond motifs is 1. The number of hydrogen-bond donors (Lipinski definition) is 1. The number of halogens is 1. The van der Waals surface area contributed by atoms with Crippen molar-refractivity contribution >= 4 is 33.0 Å². The molecule has 132 valence electrons. The third-order valence-electron chi connectivity index (χ3n) is 4.14. The van der Waals surface area contributed by atoms with Crippen LogP contribution in [0.3, 0.4) is 0 Å². The highest BCUT2D eigenvalue weighted by atomic mass is 35.5. The van der Waals surface area contributed by atoms with Crippen molar-refractivity contribution in [2.45, 2.75) is 11.3 Å². The fraction of sp³-hybridized carbons (Fsp3) is 0.0526. The molecule has 1 aromatic heterocycles. The number of ether oxygens (including phenoxy) is 1. The molecule has 2 aromatic carbocycles. The molecule has 0 saturated carbocycles. The SMILES string of the molecule is NS(=O)(=O)c1ccc(C2=C(c3ccc(Cl)o3)Cc3ccccc3O2)cc1. The molecule has 5 nitrogen and oxygen atoms in total. The van der Waals surface area contributed by atoms with Crippen molar-refractivity contribution < 1.29 is 17.6 Å². The number of benzene rings is 2. The van der Waals surface area contributed by atoms with Crippen molar-refractivity contribution in [3.05, 3.63) is 82.8 Å². The molecule has 0 amide bonds. The Balaban J connectivity index is 1.85. The number of rotatable bonds is 3. The van der Waals surface area contributed by atoms with Gasteiger partial charge < -0.3 is 9.15 Å². The highest BCUT2D eigenvalue weighted by molar-refractivity contribution is 7.89. The highest BCUT2D eigenvalue weighted by Gasteiger charge is 2.24. The first kappa shape index (κ1) is 16.9. The zero-order valence-corrected chi connectivity index (χ0v) is 15.0. The quantitative estimate of drug-likeness (QED) is 0.733. The third-order valence-corrected chi connectivity index (χ3v) is 5.27. The van der Waals surface area contributed by atoms with Gasteiger partial charge in [-0.1, -0.05) is 18.2 Å². The fourth-order valence-electron chi connectivity index (χ4n) is 2.90. The second kappa shape index (κ2) is 6.32. The predicted molar refractivity (Wildman–Crippen MR) is 99.1 cm³/mol. The predicted octanol–water partition coefficient (Wildman–Crippen LogP) is 4.08. The lowest BCUT2D eigenvalue weighted by molar-refractivity contribution is 0.494. The van der Waals surface area contributed by atoms with E-state index in [9.17, 15) is 8.42 Å². The Bertz CT molecular complexity index is 1110. The Kier molecular flexibility index (Phi) is 4.11. The van der Waals surface area contributed by atoms with Crippen molar-refractivity contribution in [2.24, 2.45) is 5.14 Å². The van der Waals surface area contributed by atoms with Crippen LogP contribution in [0.4, 0.5) is 0 Å². The average Bonchev–Trinajstić information content (AvgIpc) is 3.06. The Hall–Kier alpha value is -2.54. The Morgan fingerprint density at radius 3 is 2.35 bits per heavy atom. The molecular formula is C19H14ClNO4S. The zero-order valence-electron chi connectivity index (χ0n) is 13.5. The number of nitrogens with two attached hydrogens (primary N) is 1. The number of furan rings is 1. The lowest BCUT2D eigenvalue weighted by Crippen LogP contribution is -2.12. The molecule has 2 N–H and O–H groups in total. The first-order valence-electron chi connectivity index (χ1n) is 7.80. The number of hydrogen-bond acceptors (Lipinski definition) is 4. The summed E-state index contributed by atoms with van der Waals surface area (Å²) in [5, 5.41) is 5.46. The minimum Gasteiger partial charge on any atom is -0.456 e. The molecule has 1 aliphatic heterocycles. The molecule has 2 heterocycles. The van der Waals surface area contributed by atoms with E-state index in [0.717, 1.165) is 22.4 Å². The summed E-state index contributed by atoms with van der Waals surface area (Å²) in [4.78, 5) is 0.0423. The van der Waals surface area contributed by atoms with Crippen LogP contribution < -0.4 is 9.88 Å². The van der Waals surface area contributed by atoms with Gasteiger partial charge in [0.1, 0.15) is 17.3 Å². The van der Waals surface area contributed by atoms with Crippen LogP contribution in [-0.2, 0) is 16.4 Å². The van der Waals surface area contributed by atoms with Gasteiger partial charge in [0.15, 0.2) is 5.22 Å². The molecule has 0 unspecified atom stereocenters. The maximum atomic E-state index is 11.5. The molecule has 0 spiro atoms.